The van der Waals surface area contributed by atoms with Crippen LogP contribution in [0.5, 0.6) is 0 Å². The van der Waals surface area contributed by atoms with E-state index in [1.807, 2.05) is 48.6 Å². The van der Waals surface area contributed by atoms with E-state index < -0.39 is 12.0 Å². The number of likely N-dealkylation sites (tertiary alicyclic amines) is 1. The first-order chi connectivity index (χ1) is 26.0. The van der Waals surface area contributed by atoms with Gasteiger partial charge >= 0.3 is 6.09 Å². The molecule has 5 rings (SSSR count). The Balaban J connectivity index is 0.000000573. The Morgan fingerprint density at radius 2 is 1.50 bits per heavy atom. The topological polar surface area (TPSA) is 208 Å². The van der Waals surface area contributed by atoms with Crippen molar-refractivity contribution in [2.24, 2.45) is 11.7 Å². The fourth-order valence-electron chi connectivity index (χ4n) is 5.42. The molecule has 14 heteroatoms. The van der Waals surface area contributed by atoms with Crippen molar-refractivity contribution in [3.8, 4) is 34.4 Å². The summed E-state index contributed by atoms with van der Waals surface area (Å²) in [5.41, 5.74) is 10.7. The Morgan fingerprint density at radius 3 is 1.94 bits per heavy atom. The van der Waals surface area contributed by atoms with Gasteiger partial charge in [-0.05, 0) is 61.2 Å². The van der Waals surface area contributed by atoms with Gasteiger partial charge in [-0.3, -0.25) is 14.4 Å². The summed E-state index contributed by atoms with van der Waals surface area (Å²) in [7, 11) is 3.06. The molecule has 3 amide bonds. The molecule has 2 aromatic carbocycles. The number of nitrogens with one attached hydrogen (secondary N) is 4. The smallest absolute Gasteiger partial charge is 0.407 e. The van der Waals surface area contributed by atoms with E-state index in [1.165, 1.54) is 13.5 Å². The number of rotatable bonds is 9. The van der Waals surface area contributed by atoms with Crippen LogP contribution in [0.25, 0.3) is 22.5 Å². The lowest BCUT2D eigenvalue weighted by Crippen LogP contribution is -2.47. The van der Waals surface area contributed by atoms with Crippen molar-refractivity contribution >= 4 is 24.4 Å². The zero-order valence-electron chi connectivity index (χ0n) is 32.2. The fourth-order valence-corrected chi connectivity index (χ4v) is 5.42. The van der Waals surface area contributed by atoms with Crippen LogP contribution >= 0.6 is 0 Å². The van der Waals surface area contributed by atoms with Gasteiger partial charge in [0.25, 0.3) is 6.47 Å². The van der Waals surface area contributed by atoms with Gasteiger partial charge in [0.2, 0.25) is 11.8 Å². The SMILES string of the molecule is CCC.CCc1ncc(-c2ccc(C#Cc3ccc(-c4cnc(C5CCCN5C(=O)C(NC)C(C)C)[nH]4)cc3)cc2)[nH]1.COC(=O)NCC(N)=O.O=CO. The number of carbonyl (C=O) groups is 4. The summed E-state index contributed by atoms with van der Waals surface area (Å²) < 4.78 is 4.14. The second-order valence-corrected chi connectivity index (χ2v) is 12.5. The maximum absolute atomic E-state index is 13.2. The molecule has 2 aromatic heterocycles. The number of nitrogens with zero attached hydrogens (tertiary/aromatic N) is 3. The normalized spacial score (nSPS) is 13.3. The number of hydrogen-bond acceptors (Lipinski definition) is 8. The van der Waals surface area contributed by atoms with Gasteiger partial charge in [0.1, 0.15) is 11.6 Å². The molecular weight excluding hydrogens is 688 g/mol. The first-order valence-electron chi connectivity index (χ1n) is 17.9. The second-order valence-electron chi connectivity index (χ2n) is 12.5. The number of amides is 3. The molecule has 2 unspecified atom stereocenters. The number of nitrogens with two attached hydrogens (primary N) is 1. The minimum Gasteiger partial charge on any atom is -0.483 e. The van der Waals surface area contributed by atoms with Crippen molar-refractivity contribution in [3.63, 3.8) is 0 Å². The van der Waals surface area contributed by atoms with Gasteiger partial charge in [-0.25, -0.2) is 14.8 Å². The van der Waals surface area contributed by atoms with Crippen LogP contribution in [-0.4, -0.2) is 87.6 Å². The number of carboxylic acid groups (broad SMARTS) is 1. The number of aryl methyl sites for hydroxylation is 1. The summed E-state index contributed by atoms with van der Waals surface area (Å²) >= 11 is 0. The van der Waals surface area contributed by atoms with Crippen molar-refractivity contribution in [3.05, 3.63) is 83.7 Å². The lowest BCUT2D eigenvalue weighted by atomic mass is 10.0. The molecule has 3 heterocycles. The van der Waals surface area contributed by atoms with Crippen molar-refractivity contribution in [1.82, 2.24) is 35.5 Å². The number of ether oxygens (including phenoxy) is 1. The van der Waals surface area contributed by atoms with Crippen molar-refractivity contribution in [1.29, 1.82) is 0 Å². The molecule has 0 spiro atoms. The molecule has 290 valence electrons. The third kappa shape index (κ3) is 13.9. The third-order valence-corrected chi connectivity index (χ3v) is 7.99. The lowest BCUT2D eigenvalue weighted by molar-refractivity contribution is -0.135. The van der Waals surface area contributed by atoms with E-state index in [0.717, 1.165) is 71.1 Å². The molecule has 1 aliphatic rings. The molecule has 0 aliphatic carbocycles. The number of methoxy groups -OCH3 is 1. The molecule has 1 fully saturated rings. The van der Waals surface area contributed by atoms with E-state index in [0.29, 0.717) is 0 Å². The van der Waals surface area contributed by atoms with Gasteiger partial charge in [0.15, 0.2) is 0 Å². The molecule has 0 bridgehead atoms. The maximum atomic E-state index is 13.2. The minimum atomic E-state index is -0.659. The number of benzene rings is 2. The minimum absolute atomic E-state index is 0.0145. The molecule has 14 nitrogen and oxygen atoms in total. The van der Waals surface area contributed by atoms with Crippen LogP contribution in [0, 0.1) is 17.8 Å². The van der Waals surface area contributed by atoms with Crippen molar-refractivity contribution in [2.45, 2.75) is 72.4 Å². The first-order valence-corrected chi connectivity index (χ1v) is 17.9. The number of primary amides is 1. The molecule has 4 aromatic rings. The summed E-state index contributed by atoms with van der Waals surface area (Å²) in [6.07, 6.45) is 7.12. The van der Waals surface area contributed by atoms with E-state index >= 15 is 0 Å². The van der Waals surface area contributed by atoms with Gasteiger partial charge < -0.3 is 41.1 Å². The molecule has 7 N–H and O–H groups in total. The van der Waals surface area contributed by atoms with E-state index in [2.05, 4.69) is 112 Å². The first kappa shape index (κ1) is 44.2. The number of H-pyrrole nitrogens is 2. The monoisotopic (exact) mass is 742 g/mol. The molecular formula is C40H54N8O6. The number of carbonyl (C=O) groups excluding carboxylic acids is 3. The molecule has 1 aliphatic heterocycles. The van der Waals surface area contributed by atoms with Crippen LogP contribution in [0.15, 0.2) is 60.9 Å². The van der Waals surface area contributed by atoms with Crippen molar-refractivity contribution in [2.75, 3.05) is 27.2 Å². The number of aromatic amines is 2. The van der Waals surface area contributed by atoms with Gasteiger partial charge in [-0.2, -0.15) is 0 Å². The Labute approximate surface area is 317 Å². The number of likely N-dealkylation sites (N-methyl/N-ethyl adjacent to an activating group) is 1. The maximum Gasteiger partial charge on any atom is 0.407 e. The second kappa shape index (κ2) is 23.6. The summed E-state index contributed by atoms with van der Waals surface area (Å²) in [6, 6.07) is 16.2. The highest BCUT2D eigenvalue weighted by Gasteiger charge is 2.36. The van der Waals surface area contributed by atoms with Crippen LogP contribution in [-0.2, 0) is 25.5 Å². The fraction of sp³-hybridized carbons (Fsp3) is 0.400. The number of hydrogen-bond donors (Lipinski definition) is 6. The number of aromatic nitrogens is 4. The number of imidazole rings is 2. The summed E-state index contributed by atoms with van der Waals surface area (Å²) in [4.78, 5) is 59.5. The standard InChI is InChI=1S/C32H36N6O.C4H8N2O3.C3H8.CH2O2/c1-5-29-34-19-26(36-29)24-14-10-22(11-15-24)8-9-23-12-16-25(17-13-23)27-20-35-31(37-27)28-7-6-18-38(28)32(39)30(33-4)21(2)3;1-9-4(8)6-2-3(5)7;1-3-2;2-1-3/h10-17,19-21,28,30,33H,5-7,18H2,1-4H3,(H,34,36)(H,35,37);2H2,1H3,(H2,5,7)(H,6,8);3H2,1-2H3;1H,(H,2,3). The predicted molar refractivity (Wildman–Crippen MR) is 209 cm³/mol. The van der Waals surface area contributed by atoms with Crippen LogP contribution in [0.3, 0.4) is 0 Å². The summed E-state index contributed by atoms with van der Waals surface area (Å²) in [5, 5.41) is 12.2. The van der Waals surface area contributed by atoms with Gasteiger partial charge in [0, 0.05) is 24.1 Å². The lowest BCUT2D eigenvalue weighted by Gasteiger charge is -2.29. The average Bonchev–Trinajstić information content (AvgIpc) is 3.96. The highest BCUT2D eigenvalue weighted by Crippen LogP contribution is 2.32. The van der Waals surface area contributed by atoms with E-state index in [9.17, 15) is 14.4 Å². The molecule has 1 saturated heterocycles. The molecule has 0 radical (unpaired) electrons. The highest BCUT2D eigenvalue weighted by molar-refractivity contribution is 5.83. The zero-order valence-corrected chi connectivity index (χ0v) is 32.2. The molecule has 54 heavy (non-hydrogen) atoms. The molecule has 0 saturated carbocycles. The largest absolute Gasteiger partial charge is 0.483 e. The highest BCUT2D eigenvalue weighted by atomic mass is 16.5. The quantitative estimate of drug-likeness (QED) is 0.0972. The van der Waals surface area contributed by atoms with Gasteiger partial charge in [0.05, 0.1) is 49.5 Å². The average molecular weight is 743 g/mol. The van der Waals surface area contributed by atoms with E-state index in [-0.39, 0.29) is 36.9 Å². The number of alkyl carbamates (subject to hydrolysis) is 1. The Kier molecular flexibility index (Phi) is 19.3. The van der Waals surface area contributed by atoms with Crippen LogP contribution in [0.4, 0.5) is 4.79 Å². The Morgan fingerprint density at radius 1 is 0.981 bits per heavy atom. The predicted octanol–water partition coefficient (Wildman–Crippen LogP) is 5.28. The van der Waals surface area contributed by atoms with Gasteiger partial charge in [-0.1, -0.05) is 77.1 Å². The third-order valence-electron chi connectivity index (χ3n) is 7.99. The van der Waals surface area contributed by atoms with Gasteiger partial charge in [-0.15, -0.1) is 0 Å². The van der Waals surface area contributed by atoms with Crippen LogP contribution < -0.4 is 16.4 Å². The van der Waals surface area contributed by atoms with Crippen molar-refractivity contribution < 1.29 is 29.0 Å². The summed E-state index contributed by atoms with van der Waals surface area (Å²) in [5.74, 6) is 8.14. The zero-order chi connectivity index (χ0) is 40.0. The summed E-state index contributed by atoms with van der Waals surface area (Å²) in [6.45, 7) is 10.8. The van der Waals surface area contributed by atoms with Crippen LogP contribution in [0.2, 0.25) is 0 Å². The Bertz CT molecular complexity index is 1810. The van der Waals surface area contributed by atoms with E-state index in [1.54, 1.807) is 0 Å². The van der Waals surface area contributed by atoms with E-state index in [4.69, 9.17) is 9.90 Å². The molecule has 2 atom stereocenters. The Hall–Kier alpha value is -5.94. The van der Waals surface area contributed by atoms with Crippen LogP contribution in [0.1, 0.15) is 82.7 Å².